The van der Waals surface area contributed by atoms with Gasteiger partial charge in [0, 0.05) is 7.11 Å². The average molecular weight is 182 g/mol. The zero-order valence-electron chi connectivity index (χ0n) is 8.67. The van der Waals surface area contributed by atoms with Gasteiger partial charge in [-0.25, -0.2) is 0 Å². The van der Waals surface area contributed by atoms with E-state index in [1.807, 2.05) is 0 Å². The molecule has 2 heteroatoms. The predicted molar refractivity (Wildman–Crippen MR) is 49.5 cm³/mol. The second-order valence-corrected chi connectivity index (χ2v) is 5.58. The van der Waals surface area contributed by atoms with Gasteiger partial charge in [0.05, 0.1) is 12.7 Å². The van der Waals surface area contributed by atoms with Gasteiger partial charge in [0.25, 0.3) is 0 Å². The number of fused-ring (bicyclic) bond motifs is 2. The Labute approximate surface area is 79.6 Å². The fourth-order valence-electron chi connectivity index (χ4n) is 3.46. The van der Waals surface area contributed by atoms with Gasteiger partial charge in [-0.05, 0) is 30.1 Å². The highest BCUT2D eigenvalue weighted by Crippen LogP contribution is 2.71. The number of methoxy groups -OCH3 is 1. The van der Waals surface area contributed by atoms with Crippen LogP contribution in [0.2, 0.25) is 0 Å². The van der Waals surface area contributed by atoms with E-state index in [-0.39, 0.29) is 5.60 Å². The fraction of sp³-hybridized carbons (Fsp3) is 1.00. The normalized spacial score (nSPS) is 55.2. The van der Waals surface area contributed by atoms with E-state index in [1.54, 1.807) is 7.11 Å². The summed E-state index contributed by atoms with van der Waals surface area (Å²) in [6, 6.07) is 0. The molecule has 2 aliphatic carbocycles. The Kier molecular flexibility index (Phi) is 1.34. The molecule has 74 valence electrons. The molecule has 0 N–H and O–H groups in total. The second-order valence-electron chi connectivity index (χ2n) is 5.58. The Morgan fingerprint density at radius 2 is 2.15 bits per heavy atom. The molecule has 0 bridgehead atoms. The van der Waals surface area contributed by atoms with Crippen molar-refractivity contribution >= 4 is 0 Å². The van der Waals surface area contributed by atoms with Crippen LogP contribution in [0.3, 0.4) is 0 Å². The highest BCUT2D eigenvalue weighted by Gasteiger charge is 2.72. The molecule has 4 atom stereocenters. The van der Waals surface area contributed by atoms with Gasteiger partial charge >= 0.3 is 0 Å². The van der Waals surface area contributed by atoms with Gasteiger partial charge in [0.15, 0.2) is 0 Å². The summed E-state index contributed by atoms with van der Waals surface area (Å²) in [5, 5.41) is 0. The molecular formula is C11H18O2. The molecule has 0 aromatic carbocycles. The molecule has 1 aliphatic heterocycles. The van der Waals surface area contributed by atoms with Crippen molar-refractivity contribution in [1.82, 2.24) is 0 Å². The molecule has 0 spiro atoms. The molecule has 0 radical (unpaired) electrons. The summed E-state index contributed by atoms with van der Waals surface area (Å²) >= 11 is 0. The fourth-order valence-corrected chi connectivity index (χ4v) is 3.46. The van der Waals surface area contributed by atoms with Crippen LogP contribution >= 0.6 is 0 Å². The summed E-state index contributed by atoms with van der Waals surface area (Å²) in [7, 11) is 1.78. The van der Waals surface area contributed by atoms with E-state index in [1.165, 1.54) is 12.8 Å². The smallest absolute Gasteiger partial charge is 0.118 e. The SMILES string of the molecule is COC[C@@]12C[C@H]3[C@@H](C[C@@H]1O2)C3(C)C. The maximum atomic E-state index is 5.78. The lowest BCUT2D eigenvalue weighted by molar-refractivity contribution is 0.109. The number of rotatable bonds is 2. The summed E-state index contributed by atoms with van der Waals surface area (Å²) in [6.07, 6.45) is 3.04. The molecule has 13 heavy (non-hydrogen) atoms. The minimum Gasteiger partial charge on any atom is -0.382 e. The lowest BCUT2D eigenvalue weighted by Crippen LogP contribution is -2.26. The second kappa shape index (κ2) is 2.12. The molecule has 2 saturated carbocycles. The molecule has 3 fully saturated rings. The minimum absolute atomic E-state index is 0.143. The first-order chi connectivity index (χ1) is 6.10. The molecule has 0 aromatic rings. The molecule has 0 amide bonds. The van der Waals surface area contributed by atoms with Crippen LogP contribution in [0, 0.1) is 17.3 Å². The standard InChI is InChI=1S/C11H18O2/c1-10(2)7-4-9-11(13-9,6-12-3)5-8(7)10/h7-9H,4-6H2,1-3H3/t7-,8+,9+,11+/m1/s1. The molecule has 1 heterocycles. The Bertz CT molecular complexity index is 248. The van der Waals surface area contributed by atoms with Crippen LogP contribution in [0.15, 0.2) is 0 Å². The van der Waals surface area contributed by atoms with Crippen molar-refractivity contribution < 1.29 is 9.47 Å². The van der Waals surface area contributed by atoms with E-state index in [0.717, 1.165) is 18.4 Å². The zero-order valence-corrected chi connectivity index (χ0v) is 8.67. The Morgan fingerprint density at radius 1 is 1.38 bits per heavy atom. The molecular weight excluding hydrogens is 164 g/mol. The van der Waals surface area contributed by atoms with Crippen molar-refractivity contribution in [2.45, 2.75) is 38.4 Å². The summed E-state index contributed by atoms with van der Waals surface area (Å²) in [6.45, 7) is 5.60. The molecule has 0 aromatic heterocycles. The summed E-state index contributed by atoms with van der Waals surface area (Å²) in [5.74, 6) is 1.84. The third-order valence-corrected chi connectivity index (χ3v) is 4.62. The molecule has 3 aliphatic rings. The van der Waals surface area contributed by atoms with Crippen LogP contribution in [0.25, 0.3) is 0 Å². The first kappa shape index (κ1) is 8.25. The quantitative estimate of drug-likeness (QED) is 0.608. The summed E-state index contributed by atoms with van der Waals surface area (Å²) in [5.41, 5.74) is 0.737. The third kappa shape index (κ3) is 0.909. The van der Waals surface area contributed by atoms with E-state index in [4.69, 9.17) is 9.47 Å². The lowest BCUT2D eigenvalue weighted by atomic mass is 9.90. The van der Waals surface area contributed by atoms with E-state index < -0.39 is 0 Å². The number of hydrogen-bond acceptors (Lipinski definition) is 2. The van der Waals surface area contributed by atoms with Gasteiger partial charge in [-0.2, -0.15) is 0 Å². The number of ether oxygens (including phenoxy) is 2. The van der Waals surface area contributed by atoms with E-state index in [2.05, 4.69) is 13.8 Å². The van der Waals surface area contributed by atoms with Gasteiger partial charge in [-0.1, -0.05) is 13.8 Å². The highest BCUT2D eigenvalue weighted by atomic mass is 16.6. The van der Waals surface area contributed by atoms with Gasteiger partial charge in [0.2, 0.25) is 0 Å². The maximum Gasteiger partial charge on any atom is 0.118 e. The van der Waals surface area contributed by atoms with Crippen molar-refractivity contribution in [2.75, 3.05) is 13.7 Å². The van der Waals surface area contributed by atoms with Gasteiger partial charge in [-0.3, -0.25) is 0 Å². The van der Waals surface area contributed by atoms with Gasteiger partial charge in [-0.15, -0.1) is 0 Å². The number of epoxide rings is 1. The average Bonchev–Trinajstić information content (AvgIpc) is 2.87. The molecule has 3 rings (SSSR count). The van der Waals surface area contributed by atoms with Crippen LogP contribution in [0.1, 0.15) is 26.7 Å². The van der Waals surface area contributed by atoms with Crippen molar-refractivity contribution in [3.8, 4) is 0 Å². The van der Waals surface area contributed by atoms with Crippen LogP contribution in [-0.2, 0) is 9.47 Å². The molecule has 2 nitrogen and oxygen atoms in total. The largest absolute Gasteiger partial charge is 0.382 e. The monoisotopic (exact) mass is 182 g/mol. The Balaban J connectivity index is 1.74. The predicted octanol–water partition coefficient (Wildman–Crippen LogP) is 1.84. The lowest BCUT2D eigenvalue weighted by Gasteiger charge is -2.15. The van der Waals surface area contributed by atoms with Crippen LogP contribution in [-0.4, -0.2) is 25.4 Å². The van der Waals surface area contributed by atoms with Gasteiger partial charge < -0.3 is 9.47 Å². The summed E-state index contributed by atoms with van der Waals surface area (Å²) < 4.78 is 11.0. The molecule has 0 unspecified atom stereocenters. The van der Waals surface area contributed by atoms with Crippen LogP contribution < -0.4 is 0 Å². The van der Waals surface area contributed by atoms with Crippen molar-refractivity contribution in [1.29, 1.82) is 0 Å². The zero-order chi connectivity index (χ0) is 9.27. The summed E-state index contributed by atoms with van der Waals surface area (Å²) in [4.78, 5) is 0. The maximum absolute atomic E-state index is 5.78. The van der Waals surface area contributed by atoms with Gasteiger partial charge in [0.1, 0.15) is 5.60 Å². The topological polar surface area (TPSA) is 21.8 Å². The Hall–Kier alpha value is -0.0800. The highest BCUT2D eigenvalue weighted by molar-refractivity contribution is 5.20. The molecule has 1 saturated heterocycles. The van der Waals surface area contributed by atoms with Crippen molar-refractivity contribution in [2.24, 2.45) is 17.3 Å². The van der Waals surface area contributed by atoms with Crippen LogP contribution in [0.5, 0.6) is 0 Å². The minimum atomic E-state index is 0.143. The van der Waals surface area contributed by atoms with Crippen LogP contribution in [0.4, 0.5) is 0 Å². The van der Waals surface area contributed by atoms with E-state index in [9.17, 15) is 0 Å². The van der Waals surface area contributed by atoms with Crippen molar-refractivity contribution in [3.63, 3.8) is 0 Å². The first-order valence-electron chi connectivity index (χ1n) is 5.27. The third-order valence-electron chi connectivity index (χ3n) is 4.62. The number of hydrogen-bond donors (Lipinski definition) is 0. The van der Waals surface area contributed by atoms with E-state index in [0.29, 0.717) is 11.5 Å². The van der Waals surface area contributed by atoms with E-state index >= 15 is 0 Å². The Morgan fingerprint density at radius 3 is 2.85 bits per heavy atom. The van der Waals surface area contributed by atoms with Crippen molar-refractivity contribution in [3.05, 3.63) is 0 Å². The first-order valence-corrected chi connectivity index (χ1v) is 5.27.